The number of nitrogens with one attached hydrogen (secondary N) is 3. The average Bonchev–Trinajstić information content (AvgIpc) is 3.06. The molecule has 242 valence electrons. The Balaban J connectivity index is 1.50. The number of morpholine rings is 1. The predicted molar refractivity (Wildman–Crippen MR) is 175 cm³/mol. The third-order valence-electron chi connectivity index (χ3n) is 7.92. The van der Waals surface area contributed by atoms with Gasteiger partial charge < -0.3 is 40.2 Å². The molecular weight excluding hydrogens is 596 g/mol. The zero-order valence-corrected chi connectivity index (χ0v) is 26.8. The van der Waals surface area contributed by atoms with Crippen molar-refractivity contribution < 1.29 is 28.9 Å². The van der Waals surface area contributed by atoms with Crippen molar-refractivity contribution in [3.63, 3.8) is 0 Å². The van der Waals surface area contributed by atoms with Gasteiger partial charge >= 0.3 is 12.1 Å². The Morgan fingerprint density at radius 3 is 2.58 bits per heavy atom. The van der Waals surface area contributed by atoms with Gasteiger partial charge in [-0.1, -0.05) is 67.1 Å². The summed E-state index contributed by atoms with van der Waals surface area (Å²) >= 11 is 6.81. The molecule has 45 heavy (non-hydrogen) atoms. The molecule has 10 nitrogen and oxygen atoms in total. The summed E-state index contributed by atoms with van der Waals surface area (Å²) in [7, 11) is 3.52. The number of rotatable bonds is 14. The van der Waals surface area contributed by atoms with E-state index in [2.05, 4.69) is 35.0 Å². The van der Waals surface area contributed by atoms with Gasteiger partial charge in [0.15, 0.2) is 0 Å². The molecule has 1 aliphatic heterocycles. The molecule has 0 aliphatic carbocycles. The molecule has 3 atom stereocenters. The average molecular weight is 639 g/mol. The molecule has 1 fully saturated rings. The van der Waals surface area contributed by atoms with Gasteiger partial charge in [-0.05, 0) is 60.3 Å². The first-order valence-corrected chi connectivity index (χ1v) is 15.6. The van der Waals surface area contributed by atoms with Gasteiger partial charge in [-0.2, -0.15) is 0 Å². The number of carbonyl (C=O) groups excluding carboxylic acids is 1. The van der Waals surface area contributed by atoms with E-state index in [9.17, 15) is 9.59 Å². The van der Waals surface area contributed by atoms with Crippen molar-refractivity contribution in [2.45, 2.75) is 38.0 Å². The summed E-state index contributed by atoms with van der Waals surface area (Å²) in [5, 5.41) is 18.3. The minimum atomic E-state index is -1.13. The van der Waals surface area contributed by atoms with Crippen LogP contribution in [0.2, 0.25) is 5.02 Å². The van der Waals surface area contributed by atoms with Crippen LogP contribution in [0, 0.1) is 0 Å². The minimum absolute atomic E-state index is 0.0323. The lowest BCUT2D eigenvalue weighted by Crippen LogP contribution is -2.53. The van der Waals surface area contributed by atoms with Crippen LogP contribution in [0.4, 0.5) is 9.59 Å². The molecule has 0 spiro atoms. The number of carbonyl (C=O) groups is 2. The van der Waals surface area contributed by atoms with Crippen molar-refractivity contribution in [2.24, 2.45) is 0 Å². The Labute approximate surface area is 270 Å². The number of likely N-dealkylation sites (N-methyl/N-ethyl adjacent to an activating group) is 1. The highest BCUT2D eigenvalue weighted by Gasteiger charge is 2.34. The van der Waals surface area contributed by atoms with E-state index in [0.717, 1.165) is 40.8 Å². The van der Waals surface area contributed by atoms with Gasteiger partial charge in [0, 0.05) is 36.3 Å². The zero-order valence-electron chi connectivity index (χ0n) is 26.1. The van der Waals surface area contributed by atoms with Crippen LogP contribution >= 0.6 is 11.6 Å². The van der Waals surface area contributed by atoms with Crippen LogP contribution in [0.15, 0.2) is 66.7 Å². The van der Waals surface area contributed by atoms with Crippen LogP contribution < -0.4 is 20.7 Å². The van der Waals surface area contributed by atoms with Crippen molar-refractivity contribution in [3.8, 4) is 16.9 Å². The Kier molecular flexibility index (Phi) is 12.9. The van der Waals surface area contributed by atoms with Gasteiger partial charge in [-0.25, -0.2) is 9.59 Å². The fraction of sp³-hybridized carbons (Fsp3) is 0.412. The summed E-state index contributed by atoms with van der Waals surface area (Å²) in [6.07, 6.45) is -0.642. The second-order valence-electron chi connectivity index (χ2n) is 10.9. The van der Waals surface area contributed by atoms with Gasteiger partial charge in [0.2, 0.25) is 0 Å². The Morgan fingerprint density at radius 1 is 1.09 bits per heavy atom. The van der Waals surface area contributed by atoms with E-state index >= 15 is 0 Å². The topological polar surface area (TPSA) is 121 Å². The van der Waals surface area contributed by atoms with E-state index in [1.165, 1.54) is 5.56 Å². The monoisotopic (exact) mass is 638 g/mol. The van der Waals surface area contributed by atoms with Crippen LogP contribution in [0.1, 0.15) is 29.7 Å². The Bertz CT molecular complexity index is 1410. The molecule has 0 saturated carbocycles. The highest BCUT2D eigenvalue weighted by Crippen LogP contribution is 2.39. The van der Waals surface area contributed by atoms with E-state index in [4.69, 9.17) is 30.9 Å². The van der Waals surface area contributed by atoms with Crippen molar-refractivity contribution >= 4 is 23.7 Å². The molecule has 3 aromatic carbocycles. The van der Waals surface area contributed by atoms with Crippen LogP contribution in [0.5, 0.6) is 5.75 Å². The normalized spacial score (nSPS) is 16.1. The summed E-state index contributed by atoms with van der Waals surface area (Å²) in [5.74, 6) is 0.801. The molecular formula is C34H43ClN4O6. The van der Waals surface area contributed by atoms with Crippen molar-refractivity contribution in [1.29, 1.82) is 0 Å². The molecule has 1 saturated heterocycles. The maximum Gasteiger partial charge on any atom is 0.404 e. The van der Waals surface area contributed by atoms with E-state index in [-0.39, 0.29) is 31.8 Å². The molecule has 4 rings (SSSR count). The second-order valence-corrected chi connectivity index (χ2v) is 11.3. The predicted octanol–water partition coefficient (Wildman–Crippen LogP) is 5.14. The molecule has 1 heterocycles. The number of halogens is 1. The van der Waals surface area contributed by atoms with Crippen molar-refractivity contribution in [3.05, 3.63) is 88.4 Å². The molecule has 0 bridgehead atoms. The first-order valence-electron chi connectivity index (χ1n) is 15.2. The number of benzene rings is 3. The Morgan fingerprint density at radius 2 is 1.87 bits per heavy atom. The number of hydrogen-bond donors (Lipinski definition) is 4. The minimum Gasteiger partial charge on any atom is -0.497 e. The number of urea groups is 1. The van der Waals surface area contributed by atoms with E-state index in [1.807, 2.05) is 61.6 Å². The van der Waals surface area contributed by atoms with Gasteiger partial charge in [-0.3, -0.25) is 0 Å². The van der Waals surface area contributed by atoms with Crippen molar-refractivity contribution in [2.75, 3.05) is 53.6 Å². The highest BCUT2D eigenvalue weighted by molar-refractivity contribution is 6.33. The first-order chi connectivity index (χ1) is 21.8. The summed E-state index contributed by atoms with van der Waals surface area (Å²) in [4.78, 5) is 26.2. The summed E-state index contributed by atoms with van der Waals surface area (Å²) < 4.78 is 17.8. The lowest BCUT2D eigenvalue weighted by molar-refractivity contribution is -0.105. The number of methoxy groups -OCH3 is 1. The van der Waals surface area contributed by atoms with Gasteiger partial charge in [0.1, 0.15) is 18.0 Å². The third-order valence-corrected chi connectivity index (χ3v) is 8.23. The summed E-state index contributed by atoms with van der Waals surface area (Å²) in [5.41, 5.74) is 4.90. The van der Waals surface area contributed by atoms with E-state index in [1.54, 1.807) is 12.0 Å². The van der Waals surface area contributed by atoms with Crippen LogP contribution in [-0.4, -0.2) is 87.8 Å². The zero-order chi connectivity index (χ0) is 32.2. The Hall–Kier alpha value is -3.83. The summed E-state index contributed by atoms with van der Waals surface area (Å²) in [6, 6.07) is 21.6. The lowest BCUT2D eigenvalue weighted by atomic mass is 9.92. The molecule has 3 amide bonds. The number of hydrogen-bond acceptors (Lipinski definition) is 6. The standard InChI is InChI=1S/C34H43ClN4O6/c1-4-23-7-5-8-25(19-23)31-28(9-6-10-29(31)35)32(45-17-15-37-34(41)42)30-22-39(16-18-44-30)33(40)38-21-26(36-2)20-24-11-13-27(43-3)14-12-24/h5-14,19,26,30,32,36-37H,4,15-18,20-22H2,1-3H3,(H,38,40)(H,41,42)/t26-,30+,32-/m0/s1. The molecule has 0 radical (unpaired) electrons. The molecule has 3 aromatic rings. The smallest absolute Gasteiger partial charge is 0.404 e. The molecule has 0 unspecified atom stereocenters. The molecule has 1 aliphatic rings. The lowest BCUT2D eigenvalue weighted by Gasteiger charge is -2.38. The van der Waals surface area contributed by atoms with Crippen LogP contribution in [0.3, 0.4) is 0 Å². The van der Waals surface area contributed by atoms with Gasteiger partial charge in [-0.15, -0.1) is 0 Å². The largest absolute Gasteiger partial charge is 0.497 e. The van der Waals surface area contributed by atoms with Crippen LogP contribution in [-0.2, 0) is 22.3 Å². The van der Waals surface area contributed by atoms with E-state index in [0.29, 0.717) is 24.7 Å². The number of aryl methyl sites for hydroxylation is 1. The molecule has 0 aromatic heterocycles. The fourth-order valence-electron chi connectivity index (χ4n) is 5.46. The quantitative estimate of drug-likeness (QED) is 0.180. The molecule has 4 N–H and O–H groups in total. The second kappa shape index (κ2) is 17.0. The van der Waals surface area contributed by atoms with Crippen LogP contribution in [0.25, 0.3) is 11.1 Å². The maximum atomic E-state index is 13.4. The van der Waals surface area contributed by atoms with Crippen molar-refractivity contribution in [1.82, 2.24) is 20.9 Å². The first kappa shape index (κ1) is 34.1. The molecule has 11 heteroatoms. The SMILES string of the molecule is CCc1cccc(-c2c(Cl)cccc2[C@H](OCCNC(=O)O)[C@H]2CN(C(=O)NC[C@H](Cc3ccc(OC)cc3)NC)CCO2)c1. The fourth-order valence-corrected chi connectivity index (χ4v) is 5.75. The highest BCUT2D eigenvalue weighted by atomic mass is 35.5. The van der Waals surface area contributed by atoms with Gasteiger partial charge in [0.25, 0.3) is 0 Å². The number of nitrogens with zero attached hydrogens (tertiary/aromatic N) is 1. The third kappa shape index (κ3) is 9.58. The summed E-state index contributed by atoms with van der Waals surface area (Å²) in [6.45, 7) is 3.79. The number of amides is 3. The maximum absolute atomic E-state index is 13.4. The number of carboxylic acid groups (broad SMARTS) is 1. The van der Waals surface area contributed by atoms with Gasteiger partial charge in [0.05, 0.1) is 26.9 Å². The number of ether oxygens (including phenoxy) is 3. The van der Waals surface area contributed by atoms with E-state index < -0.39 is 18.3 Å².